The van der Waals surface area contributed by atoms with Crippen LogP contribution in [0.5, 0.6) is 5.75 Å². The monoisotopic (exact) mass is 397 g/mol. The van der Waals surface area contributed by atoms with E-state index < -0.39 is 0 Å². The lowest BCUT2D eigenvalue weighted by atomic mass is 10.0. The van der Waals surface area contributed by atoms with Crippen LogP contribution in [0.4, 0.5) is 0 Å². The number of ether oxygens (including phenoxy) is 1. The average Bonchev–Trinajstić information content (AvgIpc) is 2.63. The Bertz CT molecular complexity index is 941. The van der Waals surface area contributed by atoms with Crippen LogP contribution >= 0.6 is 15.9 Å². The van der Waals surface area contributed by atoms with Crippen molar-refractivity contribution in [3.63, 3.8) is 0 Å². The molecule has 0 bridgehead atoms. The molecule has 0 atom stereocenters. The van der Waals surface area contributed by atoms with Crippen LogP contribution in [0.2, 0.25) is 0 Å². The molecule has 0 aliphatic rings. The molecule has 0 aliphatic heterocycles. The molecule has 3 aromatic rings. The lowest BCUT2D eigenvalue weighted by Crippen LogP contribution is -2.17. The van der Waals surface area contributed by atoms with E-state index in [0.29, 0.717) is 12.2 Å². The fourth-order valence-electron chi connectivity index (χ4n) is 2.45. The Balaban J connectivity index is 1.87. The van der Waals surface area contributed by atoms with E-state index >= 15 is 0 Å². The van der Waals surface area contributed by atoms with E-state index in [1.807, 2.05) is 43.3 Å². The Morgan fingerprint density at radius 3 is 2.92 bits per heavy atom. The van der Waals surface area contributed by atoms with Crippen molar-refractivity contribution < 1.29 is 9.53 Å². The number of fused-ring (bicyclic) bond motifs is 1. The van der Waals surface area contributed by atoms with E-state index in [1.54, 1.807) is 18.5 Å². The van der Waals surface area contributed by atoms with Crippen molar-refractivity contribution in [2.24, 2.45) is 5.10 Å². The molecule has 2 aromatic carbocycles. The molecule has 0 saturated carbocycles. The van der Waals surface area contributed by atoms with Gasteiger partial charge in [0.15, 0.2) is 0 Å². The summed E-state index contributed by atoms with van der Waals surface area (Å²) in [4.78, 5) is 16.1. The molecule has 1 amide bonds. The number of hydrogen-bond acceptors (Lipinski definition) is 4. The van der Waals surface area contributed by atoms with Gasteiger partial charge in [-0.25, -0.2) is 5.43 Å². The van der Waals surface area contributed by atoms with Crippen LogP contribution in [0, 0.1) is 0 Å². The number of hydrazone groups is 1. The molecule has 1 aromatic heterocycles. The van der Waals surface area contributed by atoms with Crippen molar-refractivity contribution in [1.29, 1.82) is 0 Å². The smallest absolute Gasteiger partial charge is 0.272 e. The third kappa shape index (κ3) is 4.03. The normalized spacial score (nSPS) is 11.0. The standard InChI is InChI=1S/C19H16BrN3O2/c1-2-25-18-8-7-13-5-3-4-6-16(13)17(18)12-22-23-19(24)14-9-15(20)11-21-10-14/h3-12H,2H2,1H3,(H,23,24)/b22-12-. The van der Waals surface area contributed by atoms with Crippen LogP contribution in [0.1, 0.15) is 22.8 Å². The number of carbonyl (C=O) groups is 1. The number of hydrogen-bond donors (Lipinski definition) is 1. The number of nitrogens with zero attached hydrogens (tertiary/aromatic N) is 2. The number of rotatable bonds is 5. The van der Waals surface area contributed by atoms with Crippen molar-refractivity contribution in [3.05, 3.63) is 70.5 Å². The van der Waals surface area contributed by atoms with Gasteiger partial charge in [0.1, 0.15) is 5.75 Å². The minimum atomic E-state index is -0.330. The summed E-state index contributed by atoms with van der Waals surface area (Å²) in [7, 11) is 0. The van der Waals surface area contributed by atoms with Crippen molar-refractivity contribution in [2.45, 2.75) is 6.92 Å². The highest BCUT2D eigenvalue weighted by Crippen LogP contribution is 2.26. The molecule has 5 nitrogen and oxygen atoms in total. The van der Waals surface area contributed by atoms with Crippen LogP contribution in [-0.2, 0) is 0 Å². The fraction of sp³-hybridized carbons (Fsp3) is 0.105. The highest BCUT2D eigenvalue weighted by Gasteiger charge is 2.08. The first kappa shape index (κ1) is 17.1. The van der Waals surface area contributed by atoms with Gasteiger partial charge in [-0.05, 0) is 45.8 Å². The van der Waals surface area contributed by atoms with Crippen LogP contribution in [0.25, 0.3) is 10.8 Å². The summed E-state index contributed by atoms with van der Waals surface area (Å²) in [5.74, 6) is 0.395. The van der Waals surface area contributed by atoms with Crippen LogP contribution in [-0.4, -0.2) is 23.7 Å². The Morgan fingerprint density at radius 1 is 1.28 bits per heavy atom. The molecular weight excluding hydrogens is 382 g/mol. The first-order chi connectivity index (χ1) is 12.2. The maximum Gasteiger partial charge on any atom is 0.272 e. The van der Waals surface area contributed by atoms with Gasteiger partial charge >= 0.3 is 0 Å². The summed E-state index contributed by atoms with van der Waals surface area (Å²) in [5.41, 5.74) is 3.77. The quantitative estimate of drug-likeness (QED) is 0.519. The maximum atomic E-state index is 12.1. The number of aromatic nitrogens is 1. The van der Waals surface area contributed by atoms with Gasteiger partial charge in [0.2, 0.25) is 0 Å². The minimum Gasteiger partial charge on any atom is -0.493 e. The lowest BCUT2D eigenvalue weighted by molar-refractivity contribution is 0.0954. The number of carbonyl (C=O) groups excluding carboxylic acids is 1. The zero-order chi connectivity index (χ0) is 17.6. The van der Waals surface area contributed by atoms with E-state index in [4.69, 9.17) is 4.74 Å². The van der Waals surface area contributed by atoms with E-state index in [9.17, 15) is 4.79 Å². The first-order valence-corrected chi connectivity index (χ1v) is 8.57. The highest BCUT2D eigenvalue weighted by atomic mass is 79.9. The highest BCUT2D eigenvalue weighted by molar-refractivity contribution is 9.10. The third-order valence-corrected chi connectivity index (χ3v) is 3.99. The molecule has 126 valence electrons. The summed E-state index contributed by atoms with van der Waals surface area (Å²) in [6.45, 7) is 2.48. The Hall–Kier alpha value is -2.73. The number of benzene rings is 2. The Kier molecular flexibility index (Phi) is 5.40. The molecule has 1 N–H and O–H groups in total. The Labute approximate surface area is 153 Å². The SMILES string of the molecule is CCOc1ccc2ccccc2c1/C=N\NC(=O)c1cncc(Br)c1. The molecule has 0 aliphatic carbocycles. The first-order valence-electron chi connectivity index (χ1n) is 7.77. The maximum absolute atomic E-state index is 12.1. The van der Waals surface area contributed by atoms with Gasteiger partial charge < -0.3 is 4.74 Å². The molecular formula is C19H16BrN3O2. The summed E-state index contributed by atoms with van der Waals surface area (Å²) < 4.78 is 6.42. The van der Waals surface area contributed by atoms with E-state index in [2.05, 4.69) is 31.4 Å². The zero-order valence-electron chi connectivity index (χ0n) is 13.6. The Morgan fingerprint density at radius 2 is 2.12 bits per heavy atom. The summed E-state index contributed by atoms with van der Waals surface area (Å²) >= 11 is 3.29. The van der Waals surface area contributed by atoms with Gasteiger partial charge in [-0.1, -0.05) is 30.3 Å². The molecule has 0 unspecified atom stereocenters. The molecule has 0 radical (unpaired) electrons. The van der Waals surface area contributed by atoms with Crippen molar-refractivity contribution in [2.75, 3.05) is 6.61 Å². The zero-order valence-corrected chi connectivity index (χ0v) is 15.2. The summed E-state index contributed by atoms with van der Waals surface area (Å²) in [6.07, 6.45) is 4.71. The van der Waals surface area contributed by atoms with Gasteiger partial charge in [-0.2, -0.15) is 5.10 Å². The van der Waals surface area contributed by atoms with E-state index in [0.717, 1.165) is 26.6 Å². The van der Waals surface area contributed by atoms with E-state index in [1.165, 1.54) is 6.20 Å². The number of pyridine rings is 1. The van der Waals surface area contributed by atoms with Crippen LogP contribution in [0.3, 0.4) is 0 Å². The number of nitrogens with one attached hydrogen (secondary N) is 1. The molecule has 3 rings (SSSR count). The third-order valence-electron chi connectivity index (χ3n) is 3.56. The van der Waals surface area contributed by atoms with Gasteiger partial charge in [-0.15, -0.1) is 0 Å². The average molecular weight is 398 g/mol. The molecule has 0 saturated heterocycles. The topological polar surface area (TPSA) is 63.6 Å². The lowest BCUT2D eigenvalue weighted by Gasteiger charge is -2.10. The second-order valence-electron chi connectivity index (χ2n) is 5.22. The second kappa shape index (κ2) is 7.90. The molecule has 0 spiro atoms. The molecule has 1 heterocycles. The summed E-state index contributed by atoms with van der Waals surface area (Å²) in [5, 5.41) is 6.18. The van der Waals surface area contributed by atoms with Crippen LogP contribution in [0.15, 0.2) is 64.4 Å². The van der Waals surface area contributed by atoms with Crippen molar-refractivity contribution in [3.8, 4) is 5.75 Å². The van der Waals surface area contributed by atoms with Crippen LogP contribution < -0.4 is 10.2 Å². The number of halogens is 1. The van der Waals surface area contributed by atoms with Gasteiger partial charge in [-0.3, -0.25) is 9.78 Å². The van der Waals surface area contributed by atoms with E-state index in [-0.39, 0.29) is 5.91 Å². The number of amides is 1. The van der Waals surface area contributed by atoms with Gasteiger partial charge in [0.05, 0.1) is 18.4 Å². The predicted molar refractivity (Wildman–Crippen MR) is 102 cm³/mol. The molecule has 25 heavy (non-hydrogen) atoms. The molecule has 0 fully saturated rings. The largest absolute Gasteiger partial charge is 0.493 e. The fourth-order valence-corrected chi connectivity index (χ4v) is 2.81. The van der Waals surface area contributed by atoms with Crippen molar-refractivity contribution in [1.82, 2.24) is 10.4 Å². The molecule has 6 heteroatoms. The predicted octanol–water partition coefficient (Wildman–Crippen LogP) is 4.16. The minimum absolute atomic E-state index is 0.330. The van der Waals surface area contributed by atoms with Gasteiger partial charge in [0, 0.05) is 22.4 Å². The summed E-state index contributed by atoms with van der Waals surface area (Å²) in [6, 6.07) is 13.6. The second-order valence-corrected chi connectivity index (χ2v) is 6.14. The van der Waals surface area contributed by atoms with Gasteiger partial charge in [0.25, 0.3) is 5.91 Å². The van der Waals surface area contributed by atoms with Crippen molar-refractivity contribution >= 4 is 38.8 Å².